The number of nitrogens with one attached hydrogen (secondary N) is 1. The Kier molecular flexibility index (Phi) is 5.05. The van der Waals surface area contributed by atoms with Crippen molar-refractivity contribution >= 4 is 21.4 Å². The van der Waals surface area contributed by atoms with Crippen LogP contribution in [-0.4, -0.2) is 69.5 Å². The number of nitrogens with zero attached hydrogens (tertiary/aromatic N) is 2. The van der Waals surface area contributed by atoms with Gasteiger partial charge in [-0.25, -0.2) is 12.8 Å². The molecule has 1 N–H and O–H groups in total. The minimum atomic E-state index is -3.04. The summed E-state index contributed by atoms with van der Waals surface area (Å²) >= 11 is 0. The number of rotatable bonds is 3. The average molecular weight is 355 g/mol. The van der Waals surface area contributed by atoms with Gasteiger partial charge in [0.15, 0.2) is 9.84 Å². The maximum Gasteiger partial charge on any atom is 0.224 e. The number of amides is 1. The summed E-state index contributed by atoms with van der Waals surface area (Å²) in [6.45, 7) is 2.59. The number of para-hydroxylation sites is 1. The van der Waals surface area contributed by atoms with Gasteiger partial charge in [0.25, 0.3) is 0 Å². The van der Waals surface area contributed by atoms with Gasteiger partial charge >= 0.3 is 0 Å². The normalized spacial score (nSPS) is 24.0. The Morgan fingerprint density at radius 1 is 1.21 bits per heavy atom. The van der Waals surface area contributed by atoms with E-state index >= 15 is 0 Å². The molecule has 0 spiro atoms. The first-order valence-electron chi connectivity index (χ1n) is 8.16. The van der Waals surface area contributed by atoms with Gasteiger partial charge in [-0.2, -0.15) is 0 Å². The van der Waals surface area contributed by atoms with Crippen LogP contribution in [0.2, 0.25) is 0 Å². The van der Waals surface area contributed by atoms with Crippen molar-refractivity contribution in [3.05, 3.63) is 30.1 Å². The second-order valence-corrected chi connectivity index (χ2v) is 8.52. The van der Waals surface area contributed by atoms with E-state index in [1.165, 1.54) is 6.07 Å². The standard InChI is InChI=1S/C16H22FN3O3S/c17-14-3-1-2-4-15(14)19-6-8-20(9-7-19)16(21)11-13-12-24(22,23)10-5-18-13/h1-4,13,18H,5-12H2. The number of halogens is 1. The highest BCUT2D eigenvalue weighted by atomic mass is 32.2. The van der Waals surface area contributed by atoms with Gasteiger partial charge in [0.1, 0.15) is 5.82 Å². The number of anilines is 1. The van der Waals surface area contributed by atoms with Crippen LogP contribution in [0.1, 0.15) is 6.42 Å². The van der Waals surface area contributed by atoms with E-state index in [9.17, 15) is 17.6 Å². The third kappa shape index (κ3) is 4.05. The highest BCUT2D eigenvalue weighted by Crippen LogP contribution is 2.20. The molecular formula is C16H22FN3O3S. The SMILES string of the molecule is O=C(CC1CS(=O)(=O)CCN1)N1CCN(c2ccccc2F)CC1. The van der Waals surface area contributed by atoms with Crippen LogP contribution in [0.4, 0.5) is 10.1 Å². The molecule has 0 bridgehead atoms. The molecule has 0 aromatic heterocycles. The van der Waals surface area contributed by atoms with Gasteiger partial charge < -0.3 is 15.1 Å². The molecule has 2 saturated heterocycles. The zero-order valence-electron chi connectivity index (χ0n) is 13.4. The van der Waals surface area contributed by atoms with Crippen molar-refractivity contribution in [2.24, 2.45) is 0 Å². The summed E-state index contributed by atoms with van der Waals surface area (Å²) in [6, 6.07) is 6.32. The van der Waals surface area contributed by atoms with E-state index in [1.54, 1.807) is 23.1 Å². The van der Waals surface area contributed by atoms with E-state index in [4.69, 9.17) is 0 Å². The highest BCUT2D eigenvalue weighted by molar-refractivity contribution is 7.91. The van der Waals surface area contributed by atoms with Crippen LogP contribution in [0, 0.1) is 5.82 Å². The molecule has 24 heavy (non-hydrogen) atoms. The Morgan fingerprint density at radius 2 is 1.92 bits per heavy atom. The largest absolute Gasteiger partial charge is 0.366 e. The minimum Gasteiger partial charge on any atom is -0.366 e. The van der Waals surface area contributed by atoms with Crippen LogP contribution < -0.4 is 10.2 Å². The molecule has 2 fully saturated rings. The second kappa shape index (κ2) is 7.06. The van der Waals surface area contributed by atoms with Gasteiger partial charge in [0, 0.05) is 45.2 Å². The quantitative estimate of drug-likeness (QED) is 0.842. The lowest BCUT2D eigenvalue weighted by Gasteiger charge is -2.37. The molecule has 0 aliphatic carbocycles. The molecule has 0 radical (unpaired) electrons. The number of carbonyl (C=O) groups excluding carboxylic acids is 1. The van der Waals surface area contributed by atoms with E-state index in [0.29, 0.717) is 38.4 Å². The van der Waals surface area contributed by atoms with Crippen LogP contribution in [0.25, 0.3) is 0 Å². The lowest BCUT2D eigenvalue weighted by Crippen LogP contribution is -2.52. The van der Waals surface area contributed by atoms with Crippen molar-refractivity contribution in [3.63, 3.8) is 0 Å². The summed E-state index contributed by atoms with van der Waals surface area (Å²) in [6.07, 6.45) is 0.193. The summed E-state index contributed by atoms with van der Waals surface area (Å²) in [5.74, 6) is -0.140. The average Bonchev–Trinajstić information content (AvgIpc) is 2.54. The Hall–Kier alpha value is -1.67. The number of benzene rings is 1. The van der Waals surface area contributed by atoms with Crippen molar-refractivity contribution < 1.29 is 17.6 Å². The van der Waals surface area contributed by atoms with Crippen molar-refractivity contribution in [3.8, 4) is 0 Å². The lowest BCUT2D eigenvalue weighted by atomic mass is 10.2. The van der Waals surface area contributed by atoms with Crippen LogP contribution in [0.3, 0.4) is 0 Å². The molecule has 1 aromatic carbocycles. The van der Waals surface area contributed by atoms with Crippen LogP contribution >= 0.6 is 0 Å². The van der Waals surface area contributed by atoms with Gasteiger partial charge in [0.05, 0.1) is 17.2 Å². The third-order valence-corrected chi connectivity index (χ3v) is 6.28. The number of hydrogen-bond donors (Lipinski definition) is 1. The predicted molar refractivity (Wildman–Crippen MR) is 90.3 cm³/mol. The smallest absolute Gasteiger partial charge is 0.224 e. The molecule has 0 saturated carbocycles. The van der Waals surface area contributed by atoms with Crippen LogP contribution in [-0.2, 0) is 14.6 Å². The Labute approximate surface area is 141 Å². The zero-order chi connectivity index (χ0) is 17.2. The maximum absolute atomic E-state index is 13.8. The number of sulfone groups is 1. The van der Waals surface area contributed by atoms with Gasteiger partial charge in [0.2, 0.25) is 5.91 Å². The van der Waals surface area contributed by atoms with Crippen molar-refractivity contribution in [2.75, 3.05) is 49.1 Å². The fourth-order valence-electron chi connectivity index (χ4n) is 3.24. The minimum absolute atomic E-state index is 0.0218. The third-order valence-electron chi connectivity index (χ3n) is 4.55. The fraction of sp³-hybridized carbons (Fsp3) is 0.562. The van der Waals surface area contributed by atoms with Gasteiger partial charge in [-0.15, -0.1) is 0 Å². The topological polar surface area (TPSA) is 69.7 Å². The molecule has 2 aliphatic rings. The number of carbonyl (C=O) groups is 1. The molecule has 1 aromatic rings. The van der Waals surface area contributed by atoms with Crippen molar-refractivity contribution in [1.29, 1.82) is 0 Å². The first-order chi connectivity index (χ1) is 11.4. The van der Waals surface area contributed by atoms with Crippen LogP contribution in [0.15, 0.2) is 24.3 Å². The maximum atomic E-state index is 13.8. The molecular weight excluding hydrogens is 333 g/mol. The number of hydrogen-bond acceptors (Lipinski definition) is 5. The molecule has 2 heterocycles. The monoisotopic (exact) mass is 355 g/mol. The summed E-state index contributed by atoms with van der Waals surface area (Å²) in [5, 5.41) is 3.10. The summed E-state index contributed by atoms with van der Waals surface area (Å²) in [4.78, 5) is 16.1. The fourth-order valence-corrected chi connectivity index (χ4v) is 4.69. The van der Waals surface area contributed by atoms with Crippen molar-refractivity contribution in [1.82, 2.24) is 10.2 Å². The Balaban J connectivity index is 1.53. The number of piperazine rings is 1. The van der Waals surface area contributed by atoms with Crippen LogP contribution in [0.5, 0.6) is 0 Å². The van der Waals surface area contributed by atoms with E-state index in [0.717, 1.165) is 0 Å². The van der Waals surface area contributed by atoms with E-state index < -0.39 is 9.84 Å². The first kappa shape index (κ1) is 17.2. The summed E-state index contributed by atoms with van der Waals surface area (Å²) in [5.41, 5.74) is 0.560. The zero-order valence-corrected chi connectivity index (χ0v) is 14.3. The lowest BCUT2D eigenvalue weighted by molar-refractivity contribution is -0.131. The van der Waals surface area contributed by atoms with E-state index in [-0.39, 0.29) is 35.7 Å². The van der Waals surface area contributed by atoms with Gasteiger partial charge in [-0.1, -0.05) is 12.1 Å². The highest BCUT2D eigenvalue weighted by Gasteiger charge is 2.29. The molecule has 6 nitrogen and oxygen atoms in total. The molecule has 1 unspecified atom stereocenters. The molecule has 8 heteroatoms. The molecule has 3 rings (SSSR count). The molecule has 132 valence electrons. The predicted octanol–water partition coefficient (Wildman–Crippen LogP) is 0.251. The van der Waals surface area contributed by atoms with Gasteiger partial charge in [-0.3, -0.25) is 4.79 Å². The Bertz CT molecular complexity index is 702. The van der Waals surface area contributed by atoms with E-state index in [1.807, 2.05) is 4.90 Å². The molecule has 1 amide bonds. The Morgan fingerprint density at radius 3 is 2.58 bits per heavy atom. The van der Waals surface area contributed by atoms with E-state index in [2.05, 4.69) is 5.32 Å². The van der Waals surface area contributed by atoms with Crippen molar-refractivity contribution in [2.45, 2.75) is 12.5 Å². The molecule has 1 atom stereocenters. The summed E-state index contributed by atoms with van der Waals surface area (Å²) < 4.78 is 37.1. The second-order valence-electron chi connectivity index (χ2n) is 6.29. The van der Waals surface area contributed by atoms with Gasteiger partial charge in [-0.05, 0) is 12.1 Å². The molecule has 2 aliphatic heterocycles. The summed E-state index contributed by atoms with van der Waals surface area (Å²) in [7, 11) is -3.04. The first-order valence-corrected chi connectivity index (χ1v) is 9.98.